The molecule has 4 aromatic rings. The van der Waals surface area contributed by atoms with Crippen molar-refractivity contribution in [3.63, 3.8) is 0 Å². The molecule has 0 aliphatic carbocycles. The van der Waals surface area contributed by atoms with E-state index in [-0.39, 0.29) is 18.0 Å². The topological polar surface area (TPSA) is 110 Å². The van der Waals surface area contributed by atoms with E-state index in [2.05, 4.69) is 27.5 Å². The Morgan fingerprint density at radius 1 is 1.03 bits per heavy atom. The lowest BCUT2D eigenvalue weighted by molar-refractivity contribution is -0.117. The van der Waals surface area contributed by atoms with Gasteiger partial charge in [-0.25, -0.2) is 4.98 Å². The van der Waals surface area contributed by atoms with Crippen molar-refractivity contribution in [2.75, 3.05) is 11.9 Å². The third kappa shape index (κ3) is 3.89. The van der Waals surface area contributed by atoms with Crippen molar-refractivity contribution in [2.24, 2.45) is 0 Å². The van der Waals surface area contributed by atoms with Gasteiger partial charge in [0, 0.05) is 24.6 Å². The summed E-state index contributed by atoms with van der Waals surface area (Å²) in [7, 11) is 1.67. The van der Waals surface area contributed by atoms with E-state index in [1.54, 1.807) is 7.05 Å². The largest absolute Gasteiger partial charge is 0.284 e. The molecule has 0 unspecified atom stereocenters. The predicted octanol–water partition coefficient (Wildman–Crippen LogP) is 3.00. The molecule has 0 bridgehead atoms. The second-order valence-corrected chi connectivity index (χ2v) is 8.44. The number of hydrogen-bond donors (Lipinski definition) is 1. The van der Waals surface area contributed by atoms with Gasteiger partial charge in [0.1, 0.15) is 6.54 Å². The zero-order valence-corrected chi connectivity index (χ0v) is 19.2. The number of unbranched alkanes of at least 4 members (excludes halogenated alkanes) is 1. The first-order valence-corrected chi connectivity index (χ1v) is 11.4. The lowest BCUT2D eigenvalue weighted by atomic mass is 9.96. The van der Waals surface area contributed by atoms with Crippen LogP contribution in [0, 0.1) is 0 Å². The number of rotatable bonds is 7. The highest BCUT2D eigenvalue weighted by Gasteiger charge is 2.29. The van der Waals surface area contributed by atoms with Crippen molar-refractivity contribution in [3.8, 4) is 22.5 Å². The Morgan fingerprint density at radius 2 is 1.79 bits per heavy atom. The smallest absolute Gasteiger partial charge is 0.259 e. The van der Waals surface area contributed by atoms with Crippen LogP contribution in [0.25, 0.3) is 22.5 Å². The first kappa shape index (κ1) is 21.7. The summed E-state index contributed by atoms with van der Waals surface area (Å²) in [6, 6.07) is 16.0. The Hall–Kier alpha value is -4.14. The van der Waals surface area contributed by atoms with Gasteiger partial charge in [-0.15, -0.1) is 10.2 Å². The molecule has 0 spiro atoms. The third-order valence-corrected chi connectivity index (χ3v) is 6.22. The maximum atomic E-state index is 13.3. The number of likely N-dealkylation sites (N-methyl/N-ethyl adjacent to an activating group) is 1. The minimum Gasteiger partial charge on any atom is -0.284 e. The third-order valence-electron chi connectivity index (χ3n) is 6.22. The number of benzene rings is 2. The van der Waals surface area contributed by atoms with E-state index in [1.807, 2.05) is 48.5 Å². The average Bonchev–Trinajstić information content (AvgIpc) is 3.49. The summed E-state index contributed by atoms with van der Waals surface area (Å²) in [6.07, 6.45) is 3.12. The first-order chi connectivity index (χ1) is 16.6. The van der Waals surface area contributed by atoms with Gasteiger partial charge in [-0.2, -0.15) is 5.21 Å². The van der Waals surface area contributed by atoms with Gasteiger partial charge in [-0.1, -0.05) is 61.9 Å². The average molecular weight is 456 g/mol. The molecule has 0 fully saturated rings. The predicted molar refractivity (Wildman–Crippen MR) is 128 cm³/mol. The molecule has 1 N–H and O–H groups in total. The number of amides is 1. The number of aromatic amines is 1. The lowest BCUT2D eigenvalue weighted by Gasteiger charge is -2.14. The molecule has 1 aliphatic rings. The minimum absolute atomic E-state index is 0.0462. The van der Waals surface area contributed by atoms with Gasteiger partial charge in [-0.05, 0) is 34.7 Å². The highest BCUT2D eigenvalue weighted by Crippen LogP contribution is 2.30. The van der Waals surface area contributed by atoms with Crippen LogP contribution in [0.5, 0.6) is 0 Å². The lowest BCUT2D eigenvalue weighted by Crippen LogP contribution is -2.26. The number of nitrogens with zero attached hydrogens (tertiary/aromatic N) is 6. The second kappa shape index (κ2) is 9.01. The monoisotopic (exact) mass is 455 g/mol. The van der Waals surface area contributed by atoms with E-state index in [4.69, 9.17) is 4.98 Å². The maximum absolute atomic E-state index is 13.3. The van der Waals surface area contributed by atoms with E-state index in [0.29, 0.717) is 30.2 Å². The molecule has 0 atom stereocenters. The van der Waals surface area contributed by atoms with Crippen LogP contribution in [0.1, 0.15) is 36.6 Å². The zero-order chi connectivity index (χ0) is 23.7. The van der Waals surface area contributed by atoms with Crippen LogP contribution in [0.2, 0.25) is 0 Å². The van der Waals surface area contributed by atoms with Crippen molar-refractivity contribution in [3.05, 3.63) is 75.7 Å². The van der Waals surface area contributed by atoms with Crippen molar-refractivity contribution in [1.82, 2.24) is 30.2 Å². The number of H-pyrrole nitrogens is 1. The Kier molecular flexibility index (Phi) is 5.75. The number of anilines is 1. The molecule has 0 saturated carbocycles. The number of aryl methyl sites for hydroxylation is 1. The summed E-state index contributed by atoms with van der Waals surface area (Å²) in [5.74, 6) is 0.864. The normalized spacial score (nSPS) is 12.9. The van der Waals surface area contributed by atoms with Crippen molar-refractivity contribution in [1.29, 1.82) is 0 Å². The molecule has 9 heteroatoms. The molecule has 1 amide bonds. The molecule has 172 valence electrons. The Morgan fingerprint density at radius 3 is 2.50 bits per heavy atom. The molecule has 9 nitrogen and oxygen atoms in total. The molecule has 5 rings (SSSR count). The molecule has 2 aromatic heterocycles. The van der Waals surface area contributed by atoms with Gasteiger partial charge in [0.25, 0.3) is 5.56 Å². The number of carbonyl (C=O) groups is 1. The summed E-state index contributed by atoms with van der Waals surface area (Å²) in [5, 5.41) is 14.4. The Balaban J connectivity index is 1.48. The van der Waals surface area contributed by atoms with E-state index in [1.165, 1.54) is 9.47 Å². The van der Waals surface area contributed by atoms with Crippen LogP contribution in [-0.2, 0) is 24.2 Å². The van der Waals surface area contributed by atoms with Crippen LogP contribution < -0.4 is 10.5 Å². The van der Waals surface area contributed by atoms with E-state index >= 15 is 0 Å². The Labute approximate surface area is 196 Å². The zero-order valence-electron chi connectivity index (χ0n) is 19.2. The highest BCUT2D eigenvalue weighted by molar-refractivity contribution is 5.94. The summed E-state index contributed by atoms with van der Waals surface area (Å²) < 4.78 is 1.49. The number of hydrogen-bond acceptors (Lipinski definition) is 6. The molecule has 2 aromatic carbocycles. The van der Waals surface area contributed by atoms with Crippen LogP contribution in [0.4, 0.5) is 5.95 Å². The van der Waals surface area contributed by atoms with Crippen LogP contribution in [0.3, 0.4) is 0 Å². The van der Waals surface area contributed by atoms with Crippen molar-refractivity contribution < 1.29 is 4.79 Å². The van der Waals surface area contributed by atoms with Gasteiger partial charge < -0.3 is 0 Å². The fraction of sp³-hybridized carbons (Fsp3) is 0.280. The number of fused-ring (bicyclic) bond motifs is 1. The maximum Gasteiger partial charge on any atom is 0.259 e. The number of aromatic nitrogens is 6. The van der Waals surface area contributed by atoms with Crippen molar-refractivity contribution in [2.45, 2.75) is 39.2 Å². The first-order valence-electron chi connectivity index (χ1n) is 11.4. The van der Waals surface area contributed by atoms with E-state index in [0.717, 1.165) is 40.8 Å². The van der Waals surface area contributed by atoms with Gasteiger partial charge in [0.2, 0.25) is 17.7 Å². The quantitative estimate of drug-likeness (QED) is 0.459. The minimum atomic E-state index is -0.125. The molecular formula is C25H25N7O2. The van der Waals surface area contributed by atoms with Crippen molar-refractivity contribution >= 4 is 11.9 Å². The fourth-order valence-corrected chi connectivity index (χ4v) is 4.32. The molecule has 0 radical (unpaired) electrons. The molecule has 34 heavy (non-hydrogen) atoms. The molecule has 3 heterocycles. The van der Waals surface area contributed by atoms with Crippen LogP contribution in [-0.4, -0.2) is 43.1 Å². The van der Waals surface area contributed by atoms with Gasteiger partial charge >= 0.3 is 0 Å². The highest BCUT2D eigenvalue weighted by atomic mass is 16.2. The second-order valence-electron chi connectivity index (χ2n) is 8.44. The molecule has 0 saturated heterocycles. The molecule has 1 aliphatic heterocycles. The van der Waals surface area contributed by atoms with Gasteiger partial charge in [0.15, 0.2) is 0 Å². The van der Waals surface area contributed by atoms with E-state index < -0.39 is 0 Å². The number of nitrogens with one attached hydrogen (secondary N) is 1. The van der Waals surface area contributed by atoms with Gasteiger partial charge in [-0.3, -0.25) is 19.1 Å². The fourth-order valence-electron chi connectivity index (χ4n) is 4.32. The van der Waals surface area contributed by atoms with Crippen LogP contribution in [0.15, 0.2) is 53.3 Å². The summed E-state index contributed by atoms with van der Waals surface area (Å²) in [4.78, 5) is 31.7. The Bertz CT molecular complexity index is 1390. The summed E-state index contributed by atoms with van der Waals surface area (Å²) in [5.41, 5.74) is 5.24. The van der Waals surface area contributed by atoms with Gasteiger partial charge in [0.05, 0.1) is 5.69 Å². The number of tetrazole rings is 1. The molecular weight excluding hydrogens is 430 g/mol. The van der Waals surface area contributed by atoms with E-state index in [9.17, 15) is 9.59 Å². The van der Waals surface area contributed by atoms with Crippen LogP contribution >= 0.6 is 0 Å². The number of carbonyl (C=O) groups excluding carboxylic acids is 1. The SMILES string of the molecule is CCCCc1nc2n(c(=O)c1Cc1ccc(-c3ccccc3-c3nn[nH]n3)cc1)CC(=O)N2C. The standard InChI is InChI=1S/C25H25N7O2/c1-3-4-9-21-20(24(34)32-15-22(33)31(2)25(32)26-21)14-16-10-12-17(13-11-16)18-7-5-6-8-19(18)23-27-29-30-28-23/h5-8,10-13H,3-4,9,14-15H2,1-2H3,(H,27,28,29,30). The summed E-state index contributed by atoms with van der Waals surface area (Å²) in [6.45, 7) is 2.16. The summed E-state index contributed by atoms with van der Waals surface area (Å²) >= 11 is 0.